The Labute approximate surface area is 169 Å². The summed E-state index contributed by atoms with van der Waals surface area (Å²) in [6, 6.07) is 0. The van der Waals surface area contributed by atoms with E-state index < -0.39 is 67.1 Å². The van der Waals surface area contributed by atoms with Crippen molar-refractivity contribution in [3.05, 3.63) is 12.2 Å². The Bertz CT molecular complexity index is 661. The summed E-state index contributed by atoms with van der Waals surface area (Å²) < 4.78 is 97.7. The Hall–Kier alpha value is -1.33. The molecular weight excluding hydrogens is 422 g/mol. The van der Waals surface area contributed by atoms with Gasteiger partial charge in [-0.05, 0) is 50.4 Å². The minimum absolute atomic E-state index is 0.123. The van der Waals surface area contributed by atoms with Gasteiger partial charge in [0.25, 0.3) is 5.60 Å². The lowest BCUT2D eigenvalue weighted by Gasteiger charge is -2.43. The third-order valence-electron chi connectivity index (χ3n) is 6.50. The zero-order valence-corrected chi connectivity index (χ0v) is 16.4. The molecule has 0 amide bonds. The van der Waals surface area contributed by atoms with Crippen molar-refractivity contribution in [1.29, 1.82) is 0 Å². The first-order valence-corrected chi connectivity index (χ1v) is 9.78. The van der Waals surface area contributed by atoms with E-state index in [0.717, 1.165) is 0 Å². The van der Waals surface area contributed by atoms with Crippen molar-refractivity contribution in [1.82, 2.24) is 0 Å². The molecule has 30 heavy (non-hydrogen) atoms. The summed E-state index contributed by atoms with van der Waals surface area (Å²) in [6.45, 7) is 1.38. The Balaban J connectivity index is 1.87. The van der Waals surface area contributed by atoms with Gasteiger partial charge >= 0.3 is 18.3 Å². The van der Waals surface area contributed by atoms with Gasteiger partial charge < -0.3 is 19.3 Å². The fourth-order valence-corrected chi connectivity index (χ4v) is 5.42. The lowest BCUT2D eigenvalue weighted by atomic mass is 9.79. The van der Waals surface area contributed by atoms with Gasteiger partial charge in [-0.15, -0.1) is 0 Å². The number of hydrogen-bond donors (Lipinski definition) is 1. The SMILES string of the molecule is CCOC(C)OC(=O)COC(C1CC2C3C=CC(C3)C2C1O)(C(F)(F)F)C(F)(F)F. The molecule has 0 aromatic carbocycles. The average Bonchev–Trinajstić information content (AvgIpc) is 3.27. The van der Waals surface area contributed by atoms with E-state index in [1.54, 1.807) is 19.1 Å². The second kappa shape index (κ2) is 7.98. The Morgan fingerprint density at radius 1 is 1.10 bits per heavy atom. The van der Waals surface area contributed by atoms with Crippen LogP contribution in [0.25, 0.3) is 0 Å². The Morgan fingerprint density at radius 2 is 1.70 bits per heavy atom. The molecule has 2 bridgehead atoms. The lowest BCUT2D eigenvalue weighted by Crippen LogP contribution is -2.65. The highest BCUT2D eigenvalue weighted by atomic mass is 19.4. The molecule has 5 nitrogen and oxygen atoms in total. The molecule has 2 saturated carbocycles. The van der Waals surface area contributed by atoms with Crippen LogP contribution in [0.1, 0.15) is 26.7 Å². The molecule has 7 unspecified atom stereocenters. The molecule has 1 N–H and O–H groups in total. The lowest BCUT2D eigenvalue weighted by molar-refractivity contribution is -0.401. The average molecular weight is 446 g/mol. The van der Waals surface area contributed by atoms with Crippen LogP contribution < -0.4 is 0 Å². The van der Waals surface area contributed by atoms with Crippen LogP contribution in [-0.4, -0.2) is 54.6 Å². The third kappa shape index (κ3) is 3.73. The number of aliphatic hydroxyl groups excluding tert-OH is 1. The van der Waals surface area contributed by atoms with E-state index in [2.05, 4.69) is 9.47 Å². The Kier molecular flexibility index (Phi) is 6.21. The van der Waals surface area contributed by atoms with Crippen molar-refractivity contribution < 1.29 is 50.5 Å². The predicted octanol–water partition coefficient (Wildman–Crippen LogP) is 3.61. The van der Waals surface area contributed by atoms with E-state index in [4.69, 9.17) is 4.74 Å². The highest BCUT2D eigenvalue weighted by molar-refractivity contribution is 5.70. The van der Waals surface area contributed by atoms with E-state index in [1.807, 2.05) is 0 Å². The molecule has 0 aliphatic heterocycles. The molecule has 2 fully saturated rings. The monoisotopic (exact) mass is 446 g/mol. The van der Waals surface area contributed by atoms with Crippen LogP contribution in [0.2, 0.25) is 0 Å². The number of esters is 1. The maximum Gasteiger partial charge on any atom is 0.426 e. The maximum atomic E-state index is 14.0. The number of aliphatic hydroxyl groups is 1. The van der Waals surface area contributed by atoms with Crippen LogP contribution in [0.3, 0.4) is 0 Å². The molecule has 11 heteroatoms. The van der Waals surface area contributed by atoms with Gasteiger partial charge in [-0.3, -0.25) is 0 Å². The van der Waals surface area contributed by atoms with Gasteiger partial charge in [0.15, 0.2) is 6.29 Å². The molecule has 0 aromatic rings. The molecule has 3 rings (SSSR count). The van der Waals surface area contributed by atoms with Gasteiger partial charge in [0.05, 0.1) is 6.10 Å². The molecule has 0 heterocycles. The number of hydrogen-bond acceptors (Lipinski definition) is 5. The third-order valence-corrected chi connectivity index (χ3v) is 6.50. The molecule has 3 aliphatic carbocycles. The highest BCUT2D eigenvalue weighted by Crippen LogP contribution is 2.63. The van der Waals surface area contributed by atoms with Crippen molar-refractivity contribution in [3.63, 3.8) is 0 Å². The minimum atomic E-state index is -5.91. The van der Waals surface area contributed by atoms with Crippen LogP contribution in [-0.2, 0) is 19.0 Å². The van der Waals surface area contributed by atoms with E-state index in [-0.39, 0.29) is 18.4 Å². The standard InChI is InChI=1S/C19H24F6O5/c1-3-28-9(2)30-14(26)8-29-17(18(20,21)22,19(23,24)25)13-7-12-10-4-5-11(6-10)15(12)16(13)27/h4-5,9-13,15-16,27H,3,6-8H2,1-2H3. The summed E-state index contributed by atoms with van der Waals surface area (Å²) in [5, 5.41) is 10.6. The second-order valence-electron chi connectivity index (χ2n) is 8.05. The number of rotatable bonds is 7. The number of carbonyl (C=O) groups excluding carboxylic acids is 1. The topological polar surface area (TPSA) is 65.0 Å². The molecule has 0 saturated heterocycles. The fourth-order valence-electron chi connectivity index (χ4n) is 5.42. The summed E-state index contributed by atoms with van der Waals surface area (Å²) >= 11 is 0. The smallest absolute Gasteiger partial charge is 0.426 e. The number of carbonyl (C=O) groups is 1. The van der Waals surface area contributed by atoms with Gasteiger partial charge in [-0.2, -0.15) is 26.3 Å². The number of ether oxygens (including phenoxy) is 3. The number of halogens is 6. The Morgan fingerprint density at radius 3 is 2.23 bits per heavy atom. The van der Waals surface area contributed by atoms with Gasteiger partial charge in [-0.25, -0.2) is 4.79 Å². The van der Waals surface area contributed by atoms with Crippen LogP contribution in [0.4, 0.5) is 26.3 Å². The summed E-state index contributed by atoms with van der Waals surface area (Å²) in [4.78, 5) is 11.8. The predicted molar refractivity (Wildman–Crippen MR) is 89.8 cm³/mol. The molecule has 0 spiro atoms. The van der Waals surface area contributed by atoms with Gasteiger partial charge in [0.1, 0.15) is 6.61 Å². The van der Waals surface area contributed by atoms with Crippen molar-refractivity contribution in [2.24, 2.45) is 29.6 Å². The second-order valence-corrected chi connectivity index (χ2v) is 8.05. The quantitative estimate of drug-likeness (QED) is 0.280. The highest BCUT2D eigenvalue weighted by Gasteiger charge is 2.79. The molecule has 0 radical (unpaired) electrons. The van der Waals surface area contributed by atoms with Crippen LogP contribution in [0.15, 0.2) is 12.2 Å². The number of fused-ring (bicyclic) bond motifs is 5. The van der Waals surface area contributed by atoms with E-state index in [9.17, 15) is 36.2 Å². The summed E-state index contributed by atoms with van der Waals surface area (Å²) in [5.41, 5.74) is -4.68. The first kappa shape index (κ1) is 23.3. The van der Waals surface area contributed by atoms with Crippen LogP contribution in [0.5, 0.6) is 0 Å². The fraction of sp³-hybridized carbons (Fsp3) is 0.842. The van der Waals surface area contributed by atoms with Gasteiger partial charge in [0.2, 0.25) is 0 Å². The molecule has 172 valence electrons. The zero-order chi connectivity index (χ0) is 22.5. The van der Waals surface area contributed by atoms with Crippen molar-refractivity contribution in [2.45, 2.75) is 57.0 Å². The van der Waals surface area contributed by atoms with Crippen LogP contribution in [0, 0.1) is 29.6 Å². The van der Waals surface area contributed by atoms with Gasteiger partial charge in [-0.1, -0.05) is 12.2 Å². The molecule has 0 aromatic heterocycles. The van der Waals surface area contributed by atoms with E-state index >= 15 is 0 Å². The summed E-state index contributed by atoms with van der Waals surface area (Å²) in [7, 11) is 0. The summed E-state index contributed by atoms with van der Waals surface area (Å²) in [6.07, 6.45) is -11.2. The minimum Gasteiger partial charge on any atom is -0.434 e. The summed E-state index contributed by atoms with van der Waals surface area (Å²) in [5.74, 6) is -5.30. The first-order valence-electron chi connectivity index (χ1n) is 9.78. The van der Waals surface area contributed by atoms with Crippen LogP contribution >= 0.6 is 0 Å². The van der Waals surface area contributed by atoms with E-state index in [1.165, 1.54) is 6.92 Å². The molecular formula is C19H24F6O5. The van der Waals surface area contributed by atoms with Gasteiger partial charge in [0, 0.05) is 12.5 Å². The van der Waals surface area contributed by atoms with Crippen molar-refractivity contribution >= 4 is 5.97 Å². The maximum absolute atomic E-state index is 14.0. The molecule has 7 atom stereocenters. The normalized spacial score (nSPS) is 34.3. The molecule has 3 aliphatic rings. The number of allylic oxidation sites excluding steroid dienone is 2. The van der Waals surface area contributed by atoms with Crippen molar-refractivity contribution in [3.8, 4) is 0 Å². The zero-order valence-electron chi connectivity index (χ0n) is 16.4. The largest absolute Gasteiger partial charge is 0.434 e. The van der Waals surface area contributed by atoms with E-state index in [0.29, 0.717) is 6.42 Å². The van der Waals surface area contributed by atoms with Crippen molar-refractivity contribution in [2.75, 3.05) is 13.2 Å². The number of alkyl halides is 6. The first-order chi connectivity index (χ1) is 13.8.